The lowest BCUT2D eigenvalue weighted by Gasteiger charge is -2.41. The number of aromatic carboxylic acids is 1. The molecule has 12 nitrogen and oxygen atoms in total. The predicted molar refractivity (Wildman–Crippen MR) is 131 cm³/mol. The first-order valence-electron chi connectivity index (χ1n) is 12.0. The lowest BCUT2D eigenvalue weighted by molar-refractivity contribution is 0.0690. The van der Waals surface area contributed by atoms with Gasteiger partial charge in [0, 0.05) is 55.7 Å². The van der Waals surface area contributed by atoms with Gasteiger partial charge in [0.25, 0.3) is 0 Å². The van der Waals surface area contributed by atoms with Crippen molar-refractivity contribution in [1.82, 2.24) is 39.8 Å². The van der Waals surface area contributed by atoms with Crippen molar-refractivity contribution in [3.8, 4) is 5.82 Å². The fourth-order valence-electron chi connectivity index (χ4n) is 5.06. The second-order valence-corrected chi connectivity index (χ2v) is 9.39. The van der Waals surface area contributed by atoms with E-state index in [1.165, 1.54) is 16.9 Å². The zero-order valence-corrected chi connectivity index (χ0v) is 20.0. The lowest BCUT2D eigenvalue weighted by atomic mass is 10.1. The third-order valence-electron chi connectivity index (χ3n) is 6.77. The van der Waals surface area contributed by atoms with Gasteiger partial charge < -0.3 is 15.3 Å². The lowest BCUT2D eigenvalue weighted by Crippen LogP contribution is -2.53. The fourth-order valence-corrected chi connectivity index (χ4v) is 5.06. The molecular weight excluding hydrogens is 479 g/mol. The van der Waals surface area contributed by atoms with Crippen molar-refractivity contribution >= 4 is 23.6 Å². The minimum absolute atomic E-state index is 0.0715. The number of carboxylic acids is 1. The Morgan fingerprint density at radius 2 is 1.97 bits per heavy atom. The molecule has 0 aromatic carbocycles. The molecular formula is C24H25FN10O2. The molecule has 2 aliphatic rings. The van der Waals surface area contributed by atoms with Crippen LogP contribution >= 0.6 is 0 Å². The molecule has 0 radical (unpaired) electrons. The molecule has 0 aliphatic carbocycles. The number of halogens is 1. The van der Waals surface area contributed by atoms with Gasteiger partial charge in [-0.05, 0) is 31.4 Å². The molecule has 0 saturated carbocycles. The summed E-state index contributed by atoms with van der Waals surface area (Å²) in [6.45, 7) is 4.01. The van der Waals surface area contributed by atoms with Crippen LogP contribution < -0.4 is 10.2 Å². The average molecular weight is 505 g/mol. The highest BCUT2D eigenvalue weighted by atomic mass is 19.1. The van der Waals surface area contributed by atoms with E-state index in [4.69, 9.17) is 0 Å². The van der Waals surface area contributed by atoms with Crippen LogP contribution in [0.15, 0.2) is 42.9 Å². The van der Waals surface area contributed by atoms with Gasteiger partial charge in [0.15, 0.2) is 23.1 Å². The average Bonchev–Trinajstić information content (AvgIpc) is 3.56. The number of nitrogens with zero attached hydrogens (tertiary/aromatic N) is 8. The van der Waals surface area contributed by atoms with Gasteiger partial charge in [0.1, 0.15) is 5.82 Å². The summed E-state index contributed by atoms with van der Waals surface area (Å²) in [5, 5.41) is 23.6. The van der Waals surface area contributed by atoms with E-state index in [1.807, 2.05) is 25.1 Å². The Balaban J connectivity index is 1.17. The van der Waals surface area contributed by atoms with Gasteiger partial charge in [-0.15, -0.1) is 0 Å². The van der Waals surface area contributed by atoms with Crippen LogP contribution in [0.1, 0.15) is 34.6 Å². The molecule has 3 N–H and O–H groups in total. The molecule has 6 rings (SSSR count). The Labute approximate surface area is 211 Å². The number of fused-ring (bicyclic) bond motifs is 2. The third-order valence-corrected chi connectivity index (χ3v) is 6.77. The largest absolute Gasteiger partial charge is 0.477 e. The number of pyridine rings is 1. The number of aryl methyl sites for hydroxylation is 1. The van der Waals surface area contributed by atoms with Gasteiger partial charge >= 0.3 is 5.97 Å². The number of anilines is 3. The van der Waals surface area contributed by atoms with Crippen molar-refractivity contribution < 1.29 is 14.3 Å². The van der Waals surface area contributed by atoms with E-state index < -0.39 is 11.8 Å². The molecule has 13 heteroatoms. The summed E-state index contributed by atoms with van der Waals surface area (Å²) >= 11 is 0. The molecule has 2 unspecified atom stereocenters. The first-order chi connectivity index (χ1) is 17.9. The zero-order chi connectivity index (χ0) is 25.5. The number of piperazine rings is 1. The minimum atomic E-state index is -1.11. The highest BCUT2D eigenvalue weighted by molar-refractivity contribution is 5.87. The maximum atomic E-state index is 13.3. The van der Waals surface area contributed by atoms with Crippen molar-refractivity contribution in [2.24, 2.45) is 0 Å². The van der Waals surface area contributed by atoms with E-state index in [2.05, 4.69) is 45.4 Å². The number of carboxylic acid groups (broad SMARTS) is 1. The summed E-state index contributed by atoms with van der Waals surface area (Å²) in [6.07, 6.45) is 6.32. The van der Waals surface area contributed by atoms with E-state index in [0.29, 0.717) is 36.5 Å². The molecule has 2 saturated heterocycles. The molecule has 2 atom stereocenters. The number of aromatic amines is 1. The summed E-state index contributed by atoms with van der Waals surface area (Å²) < 4.78 is 14.7. The first kappa shape index (κ1) is 23.0. The Morgan fingerprint density at radius 3 is 2.59 bits per heavy atom. The van der Waals surface area contributed by atoms with E-state index in [1.54, 1.807) is 6.20 Å². The number of nitrogens with one attached hydrogen (secondary N) is 2. The Morgan fingerprint density at radius 1 is 1.16 bits per heavy atom. The molecule has 2 fully saturated rings. The van der Waals surface area contributed by atoms with Gasteiger partial charge in [-0.1, -0.05) is 6.07 Å². The van der Waals surface area contributed by atoms with Crippen molar-refractivity contribution in [2.75, 3.05) is 23.3 Å². The van der Waals surface area contributed by atoms with Crippen molar-refractivity contribution in [3.63, 3.8) is 0 Å². The van der Waals surface area contributed by atoms with Crippen molar-refractivity contribution in [3.05, 3.63) is 65.6 Å². The quantitative estimate of drug-likeness (QED) is 0.344. The second kappa shape index (κ2) is 9.24. The second-order valence-electron chi connectivity index (χ2n) is 9.39. The number of hydrogen-bond acceptors (Lipinski definition) is 9. The summed E-state index contributed by atoms with van der Waals surface area (Å²) in [7, 11) is 0. The van der Waals surface area contributed by atoms with Crippen LogP contribution in [0.3, 0.4) is 0 Å². The molecule has 4 aromatic rings. The molecule has 2 aliphatic heterocycles. The van der Waals surface area contributed by atoms with Crippen LogP contribution in [-0.4, -0.2) is 76.1 Å². The summed E-state index contributed by atoms with van der Waals surface area (Å²) in [5.41, 5.74) is 1.87. The van der Waals surface area contributed by atoms with Crippen molar-refractivity contribution in [2.45, 2.75) is 38.4 Å². The van der Waals surface area contributed by atoms with E-state index in [-0.39, 0.29) is 17.8 Å². The third kappa shape index (κ3) is 4.72. The van der Waals surface area contributed by atoms with Crippen molar-refractivity contribution in [1.29, 1.82) is 0 Å². The van der Waals surface area contributed by atoms with Crippen LogP contribution in [-0.2, 0) is 6.54 Å². The molecule has 2 bridgehead atoms. The Bertz CT molecular complexity index is 1420. The van der Waals surface area contributed by atoms with E-state index >= 15 is 0 Å². The molecule has 0 amide bonds. The minimum Gasteiger partial charge on any atom is -0.477 e. The number of aromatic nitrogens is 7. The SMILES string of the molecule is Cc1cc(Nc2cc(C(=O)O)nc(N3CC4CCC(C3)N4Cc3ccc(-n4cc(F)cn4)nc3)n2)n[nH]1. The van der Waals surface area contributed by atoms with E-state index in [9.17, 15) is 14.3 Å². The van der Waals surface area contributed by atoms with Crippen LogP contribution in [0.5, 0.6) is 0 Å². The van der Waals surface area contributed by atoms with Crippen LogP contribution in [0.4, 0.5) is 22.0 Å². The molecule has 4 aromatic heterocycles. The fraction of sp³-hybridized carbons (Fsp3) is 0.333. The number of hydrogen-bond donors (Lipinski definition) is 3. The van der Waals surface area contributed by atoms with Gasteiger partial charge in [-0.2, -0.15) is 15.2 Å². The monoisotopic (exact) mass is 504 g/mol. The normalized spacial score (nSPS) is 19.4. The van der Waals surface area contributed by atoms with Gasteiger partial charge in [0.05, 0.1) is 12.4 Å². The number of H-pyrrole nitrogens is 1. The van der Waals surface area contributed by atoms with E-state index in [0.717, 1.165) is 36.8 Å². The van der Waals surface area contributed by atoms with Gasteiger partial charge in [0.2, 0.25) is 5.95 Å². The molecule has 190 valence electrons. The number of carbonyl (C=O) groups is 1. The molecule has 6 heterocycles. The van der Waals surface area contributed by atoms with Gasteiger partial charge in [-0.3, -0.25) is 10.00 Å². The first-order valence-corrected chi connectivity index (χ1v) is 12.0. The molecule has 0 spiro atoms. The van der Waals surface area contributed by atoms with Crippen LogP contribution in [0.25, 0.3) is 5.82 Å². The number of rotatable bonds is 7. The summed E-state index contributed by atoms with van der Waals surface area (Å²) in [6, 6.07) is 7.61. The maximum Gasteiger partial charge on any atom is 0.354 e. The smallest absolute Gasteiger partial charge is 0.354 e. The maximum absolute atomic E-state index is 13.3. The highest BCUT2D eigenvalue weighted by Crippen LogP contribution is 2.33. The summed E-state index contributed by atoms with van der Waals surface area (Å²) in [5.74, 6) is 0.374. The predicted octanol–water partition coefficient (Wildman–Crippen LogP) is 2.52. The van der Waals surface area contributed by atoms with Gasteiger partial charge in [-0.25, -0.2) is 23.8 Å². The summed E-state index contributed by atoms with van der Waals surface area (Å²) in [4.78, 5) is 29.7. The zero-order valence-electron chi connectivity index (χ0n) is 20.0. The highest BCUT2D eigenvalue weighted by Gasteiger charge is 2.40. The Kier molecular flexibility index (Phi) is 5.75. The topological polar surface area (TPSA) is 141 Å². The molecule has 37 heavy (non-hydrogen) atoms. The standard InChI is InChI=1S/C24H25FN10O2/c1-14-6-21(32-31-14)29-20-7-19(23(36)37)28-24(30-20)33-12-17-3-4-18(13-33)34(17)10-15-2-5-22(26-8-15)35-11-16(25)9-27-35/h2,5-9,11,17-18H,3-4,10,12-13H2,1H3,(H,36,37)(H2,28,29,30,31,32). The van der Waals surface area contributed by atoms with Crippen LogP contribution in [0.2, 0.25) is 0 Å². The van der Waals surface area contributed by atoms with Crippen LogP contribution in [0, 0.1) is 12.7 Å². The Hall–Kier alpha value is -4.39.